The number of carbonyl (C=O) groups excluding carboxylic acids is 1. The van der Waals surface area contributed by atoms with Crippen LogP contribution >= 0.6 is 24.0 Å². The van der Waals surface area contributed by atoms with E-state index in [1.165, 1.54) is 22.7 Å². The molecule has 0 atom stereocenters. The molecule has 1 N–H and O–H groups in total. The van der Waals surface area contributed by atoms with Gasteiger partial charge in [0.25, 0.3) is 5.91 Å². The lowest BCUT2D eigenvalue weighted by atomic mass is 10.1. The zero-order valence-electron chi connectivity index (χ0n) is 15.1. The first-order valence-electron chi connectivity index (χ1n) is 8.17. The van der Waals surface area contributed by atoms with E-state index in [4.69, 9.17) is 12.2 Å². The minimum Gasteiger partial charge on any atom is -0.478 e. The number of carboxylic acids is 1. The Kier molecular flexibility index (Phi) is 5.34. The van der Waals surface area contributed by atoms with E-state index in [2.05, 4.69) is 0 Å². The van der Waals surface area contributed by atoms with Gasteiger partial charge in [-0.1, -0.05) is 42.2 Å². The summed E-state index contributed by atoms with van der Waals surface area (Å²) in [6.07, 6.45) is 1.80. The number of thiocarbonyl (C=S) groups is 1. The summed E-state index contributed by atoms with van der Waals surface area (Å²) in [5.41, 5.74) is 3.22. The van der Waals surface area contributed by atoms with Crippen LogP contribution in [0.25, 0.3) is 6.08 Å². The van der Waals surface area contributed by atoms with Gasteiger partial charge in [-0.25, -0.2) is 4.79 Å². The van der Waals surface area contributed by atoms with Crippen molar-refractivity contribution in [1.29, 1.82) is 0 Å². The number of amides is 1. The van der Waals surface area contributed by atoms with Crippen LogP contribution in [-0.2, 0) is 4.79 Å². The summed E-state index contributed by atoms with van der Waals surface area (Å²) in [4.78, 5) is 28.1. The quantitative estimate of drug-likeness (QED) is 0.616. The van der Waals surface area contributed by atoms with Gasteiger partial charge in [0, 0.05) is 19.8 Å². The number of thioether (sulfide) groups is 1. The molecule has 0 aliphatic carbocycles. The van der Waals surface area contributed by atoms with Crippen molar-refractivity contribution in [3.63, 3.8) is 0 Å². The number of rotatable bonds is 4. The topological polar surface area (TPSA) is 60.9 Å². The van der Waals surface area contributed by atoms with E-state index < -0.39 is 5.97 Å². The van der Waals surface area contributed by atoms with Gasteiger partial charge in [0.1, 0.15) is 0 Å². The Labute approximate surface area is 167 Å². The number of hydrogen-bond donors (Lipinski definition) is 1. The summed E-state index contributed by atoms with van der Waals surface area (Å²) in [7, 11) is 3.93. The highest BCUT2D eigenvalue weighted by Crippen LogP contribution is 2.36. The maximum atomic E-state index is 12.9. The molecule has 0 unspecified atom stereocenters. The number of aryl methyl sites for hydroxylation is 1. The molecular weight excluding hydrogens is 380 g/mol. The highest BCUT2D eigenvalue weighted by Gasteiger charge is 2.33. The van der Waals surface area contributed by atoms with Crippen molar-refractivity contribution < 1.29 is 14.7 Å². The Morgan fingerprint density at radius 1 is 1.19 bits per heavy atom. The zero-order valence-corrected chi connectivity index (χ0v) is 16.7. The van der Waals surface area contributed by atoms with Crippen LogP contribution in [0.5, 0.6) is 0 Å². The Hall–Kier alpha value is -2.64. The minimum atomic E-state index is -1.03. The van der Waals surface area contributed by atoms with Crippen molar-refractivity contribution in [2.75, 3.05) is 23.9 Å². The molecule has 0 aromatic heterocycles. The predicted octanol–water partition coefficient (Wildman–Crippen LogP) is 4.17. The van der Waals surface area contributed by atoms with Crippen LogP contribution in [0.3, 0.4) is 0 Å². The molecule has 1 amide bonds. The number of nitrogens with zero attached hydrogens (tertiary/aromatic N) is 2. The lowest BCUT2D eigenvalue weighted by molar-refractivity contribution is -0.113. The van der Waals surface area contributed by atoms with E-state index >= 15 is 0 Å². The lowest BCUT2D eigenvalue weighted by Gasteiger charge is -2.16. The van der Waals surface area contributed by atoms with Crippen LogP contribution in [0.1, 0.15) is 21.5 Å². The molecule has 138 valence electrons. The van der Waals surface area contributed by atoms with Gasteiger partial charge in [-0.2, -0.15) is 0 Å². The molecule has 2 aromatic rings. The molecule has 1 heterocycles. The Morgan fingerprint density at radius 3 is 2.44 bits per heavy atom. The molecule has 27 heavy (non-hydrogen) atoms. The van der Waals surface area contributed by atoms with Crippen molar-refractivity contribution in [3.05, 3.63) is 64.1 Å². The first-order valence-corrected chi connectivity index (χ1v) is 9.39. The van der Waals surface area contributed by atoms with Gasteiger partial charge < -0.3 is 10.0 Å². The molecular formula is C20H18N2O3S2. The van der Waals surface area contributed by atoms with Crippen molar-refractivity contribution >= 4 is 57.6 Å². The smallest absolute Gasteiger partial charge is 0.336 e. The largest absolute Gasteiger partial charge is 0.478 e. The van der Waals surface area contributed by atoms with Gasteiger partial charge in [0.15, 0.2) is 4.32 Å². The summed E-state index contributed by atoms with van der Waals surface area (Å²) < 4.78 is 0.386. The Morgan fingerprint density at radius 2 is 1.85 bits per heavy atom. The molecule has 1 saturated heterocycles. The third-order valence-corrected chi connectivity index (χ3v) is 5.51. The van der Waals surface area contributed by atoms with Gasteiger partial charge >= 0.3 is 5.97 Å². The Bertz CT molecular complexity index is 966. The molecule has 3 rings (SSSR count). The van der Waals surface area contributed by atoms with Gasteiger partial charge in [-0.15, -0.1) is 0 Å². The summed E-state index contributed by atoms with van der Waals surface area (Å²) in [5.74, 6) is -1.28. The molecule has 0 bridgehead atoms. The maximum absolute atomic E-state index is 12.9. The summed E-state index contributed by atoms with van der Waals surface area (Å²) in [6.45, 7) is 1.72. The third kappa shape index (κ3) is 3.89. The first kappa shape index (κ1) is 19.1. The average Bonchev–Trinajstić information content (AvgIpc) is 2.89. The van der Waals surface area contributed by atoms with E-state index in [9.17, 15) is 14.7 Å². The van der Waals surface area contributed by atoms with E-state index in [0.717, 1.165) is 11.3 Å². The van der Waals surface area contributed by atoms with Crippen LogP contribution in [0, 0.1) is 6.92 Å². The van der Waals surface area contributed by atoms with Gasteiger partial charge in [0.2, 0.25) is 0 Å². The molecule has 0 spiro atoms. The molecule has 7 heteroatoms. The maximum Gasteiger partial charge on any atom is 0.336 e. The fraction of sp³-hybridized carbons (Fsp3) is 0.150. The standard InChI is InChI=1S/C20H18N2O3S2/c1-12-4-7-15(11-16(12)19(24)25)22-18(23)17(27-20(22)26)10-13-5-8-14(9-6-13)21(2)3/h4-11H,1-3H3,(H,24,25)/b17-10-. The number of anilines is 2. The van der Waals surface area contributed by atoms with Crippen molar-refractivity contribution in [3.8, 4) is 0 Å². The molecule has 5 nitrogen and oxygen atoms in total. The Balaban J connectivity index is 1.91. The average molecular weight is 399 g/mol. The lowest BCUT2D eigenvalue weighted by Crippen LogP contribution is -2.27. The van der Waals surface area contributed by atoms with Crippen molar-refractivity contribution in [2.45, 2.75) is 6.92 Å². The van der Waals surface area contributed by atoms with Crippen LogP contribution in [-0.4, -0.2) is 35.4 Å². The summed E-state index contributed by atoms with van der Waals surface area (Å²) >= 11 is 6.57. The molecule has 0 radical (unpaired) electrons. The molecule has 2 aromatic carbocycles. The van der Waals surface area contributed by atoms with E-state index in [0.29, 0.717) is 20.5 Å². The van der Waals surface area contributed by atoms with E-state index in [-0.39, 0.29) is 11.5 Å². The van der Waals surface area contributed by atoms with Crippen LogP contribution in [0.2, 0.25) is 0 Å². The molecule has 1 aliphatic rings. The number of carbonyl (C=O) groups is 2. The van der Waals surface area contributed by atoms with Gasteiger partial charge in [-0.3, -0.25) is 9.69 Å². The number of benzene rings is 2. The van der Waals surface area contributed by atoms with Gasteiger partial charge in [0.05, 0.1) is 16.2 Å². The summed E-state index contributed by atoms with van der Waals surface area (Å²) in [6, 6.07) is 12.7. The predicted molar refractivity (Wildman–Crippen MR) is 115 cm³/mol. The fourth-order valence-corrected chi connectivity index (χ4v) is 3.99. The van der Waals surface area contributed by atoms with Crippen molar-refractivity contribution in [2.24, 2.45) is 0 Å². The van der Waals surface area contributed by atoms with Crippen molar-refractivity contribution in [1.82, 2.24) is 0 Å². The SMILES string of the molecule is Cc1ccc(N2C(=O)/C(=C/c3ccc(N(C)C)cc3)SC2=S)cc1C(=O)O. The van der Waals surface area contributed by atoms with Gasteiger partial charge in [-0.05, 0) is 48.4 Å². The zero-order chi connectivity index (χ0) is 19.7. The fourth-order valence-electron chi connectivity index (χ4n) is 2.69. The molecule has 0 saturated carbocycles. The van der Waals surface area contributed by atoms with E-state index in [1.54, 1.807) is 25.1 Å². The second kappa shape index (κ2) is 7.54. The minimum absolute atomic E-state index is 0.157. The van der Waals surface area contributed by atoms with Crippen LogP contribution in [0.4, 0.5) is 11.4 Å². The molecule has 1 aliphatic heterocycles. The number of carboxylic acid groups (broad SMARTS) is 1. The highest BCUT2D eigenvalue weighted by molar-refractivity contribution is 8.27. The normalized spacial score (nSPS) is 15.5. The monoisotopic (exact) mass is 398 g/mol. The second-order valence-corrected chi connectivity index (χ2v) is 7.98. The first-order chi connectivity index (χ1) is 12.8. The molecule has 1 fully saturated rings. The second-order valence-electron chi connectivity index (χ2n) is 6.31. The number of hydrogen-bond acceptors (Lipinski definition) is 5. The highest BCUT2D eigenvalue weighted by atomic mass is 32.2. The van der Waals surface area contributed by atoms with E-state index in [1.807, 2.05) is 43.3 Å². The number of aromatic carboxylic acids is 1. The summed E-state index contributed by atoms with van der Waals surface area (Å²) in [5, 5.41) is 9.32. The third-order valence-electron chi connectivity index (χ3n) is 4.21. The van der Waals surface area contributed by atoms with Crippen LogP contribution < -0.4 is 9.80 Å². The van der Waals surface area contributed by atoms with Crippen LogP contribution in [0.15, 0.2) is 47.4 Å².